The molecule has 0 aromatic carbocycles. The number of alkyl halides is 3. The number of aryl methyl sites for hydroxylation is 2. The number of carbonyl (C=O) groups excluding carboxylic acids is 1. The highest BCUT2D eigenvalue weighted by Gasteiger charge is 2.27. The van der Waals surface area contributed by atoms with Gasteiger partial charge in [0.15, 0.2) is 5.65 Å². The summed E-state index contributed by atoms with van der Waals surface area (Å²) >= 11 is 0. The van der Waals surface area contributed by atoms with E-state index >= 15 is 0 Å². The van der Waals surface area contributed by atoms with Crippen LogP contribution >= 0.6 is 0 Å². The minimum absolute atomic E-state index is 0.182. The van der Waals surface area contributed by atoms with Crippen LogP contribution in [0.1, 0.15) is 19.0 Å². The van der Waals surface area contributed by atoms with Gasteiger partial charge in [-0.05, 0) is 6.42 Å². The van der Waals surface area contributed by atoms with E-state index in [0.717, 1.165) is 5.69 Å². The molecule has 1 amide bonds. The van der Waals surface area contributed by atoms with Gasteiger partial charge in [0.1, 0.15) is 12.4 Å². The van der Waals surface area contributed by atoms with E-state index in [-0.39, 0.29) is 13.0 Å². The maximum absolute atomic E-state index is 11.9. The second-order valence-corrected chi connectivity index (χ2v) is 4.69. The highest BCUT2D eigenvalue weighted by atomic mass is 19.4. The number of aromatic nitrogens is 4. The Labute approximate surface area is 123 Å². The number of amides is 1. The zero-order valence-electron chi connectivity index (χ0n) is 12.1. The highest BCUT2D eigenvalue weighted by Crippen LogP contribution is 2.24. The molecule has 0 aliphatic heterocycles. The Hall–Kier alpha value is -2.10. The summed E-state index contributed by atoms with van der Waals surface area (Å²) in [7, 11) is 1.74. The van der Waals surface area contributed by atoms with Crippen molar-refractivity contribution < 1.29 is 22.7 Å². The van der Waals surface area contributed by atoms with Gasteiger partial charge in [-0.2, -0.15) is 23.4 Å². The summed E-state index contributed by atoms with van der Waals surface area (Å²) in [6.07, 6.45) is -3.91. The van der Waals surface area contributed by atoms with Crippen LogP contribution in [0.3, 0.4) is 0 Å². The molecule has 0 atom stereocenters. The first kappa shape index (κ1) is 16.3. The first-order valence-corrected chi connectivity index (χ1v) is 6.66. The molecular weight excluding hydrogens is 303 g/mol. The van der Waals surface area contributed by atoms with Crippen LogP contribution in [-0.2, 0) is 23.0 Å². The van der Waals surface area contributed by atoms with Gasteiger partial charge in [0.05, 0.1) is 24.1 Å². The maximum atomic E-state index is 11.9. The average Bonchev–Trinajstić information content (AvgIpc) is 2.96. The predicted molar refractivity (Wildman–Crippen MR) is 72.4 cm³/mol. The van der Waals surface area contributed by atoms with Gasteiger partial charge in [-0.3, -0.25) is 9.89 Å². The molecule has 0 saturated heterocycles. The lowest BCUT2D eigenvalue weighted by atomic mass is 10.2. The SMILES string of the molecule is CCc1nn(C)c2n[nH]c(NC(=O)CCOCC(F)(F)F)c12. The van der Waals surface area contributed by atoms with E-state index in [1.54, 1.807) is 11.7 Å². The molecule has 0 fully saturated rings. The number of nitrogens with one attached hydrogen (secondary N) is 2. The smallest absolute Gasteiger partial charge is 0.372 e. The zero-order valence-corrected chi connectivity index (χ0v) is 12.1. The molecule has 2 heterocycles. The maximum Gasteiger partial charge on any atom is 0.411 e. The summed E-state index contributed by atoms with van der Waals surface area (Å²) in [5.41, 5.74) is 1.37. The fourth-order valence-electron chi connectivity index (χ4n) is 2.01. The Kier molecular flexibility index (Phi) is 4.69. The van der Waals surface area contributed by atoms with Gasteiger partial charge in [0.2, 0.25) is 5.91 Å². The molecule has 0 aliphatic carbocycles. The minimum Gasteiger partial charge on any atom is -0.372 e. The van der Waals surface area contributed by atoms with Crippen molar-refractivity contribution >= 4 is 22.8 Å². The number of rotatable bonds is 6. The number of fused-ring (bicyclic) bond motifs is 1. The van der Waals surface area contributed by atoms with Crippen molar-refractivity contribution in [2.75, 3.05) is 18.5 Å². The van der Waals surface area contributed by atoms with E-state index in [1.807, 2.05) is 6.92 Å². The molecular formula is C12H16F3N5O2. The van der Waals surface area contributed by atoms with Gasteiger partial charge in [0, 0.05) is 7.05 Å². The lowest BCUT2D eigenvalue weighted by Gasteiger charge is -2.07. The van der Waals surface area contributed by atoms with Crippen LogP contribution < -0.4 is 5.32 Å². The van der Waals surface area contributed by atoms with E-state index in [0.29, 0.717) is 23.3 Å². The molecule has 2 aromatic rings. The normalized spacial score (nSPS) is 12.0. The van der Waals surface area contributed by atoms with Gasteiger partial charge >= 0.3 is 6.18 Å². The quantitative estimate of drug-likeness (QED) is 0.795. The van der Waals surface area contributed by atoms with E-state index in [1.165, 1.54) is 0 Å². The summed E-state index contributed by atoms with van der Waals surface area (Å²) in [4.78, 5) is 11.7. The molecule has 10 heteroatoms. The number of hydrogen-bond acceptors (Lipinski definition) is 4. The molecule has 0 unspecified atom stereocenters. The molecule has 122 valence electrons. The number of nitrogens with zero attached hydrogens (tertiary/aromatic N) is 3. The molecule has 2 rings (SSSR count). The molecule has 22 heavy (non-hydrogen) atoms. The van der Waals surface area contributed by atoms with E-state index in [2.05, 4.69) is 25.3 Å². The number of carbonyl (C=O) groups is 1. The number of aromatic amines is 1. The minimum atomic E-state index is -4.39. The molecule has 2 N–H and O–H groups in total. The van der Waals surface area contributed by atoms with Gasteiger partial charge in [-0.15, -0.1) is 0 Å². The molecule has 0 spiro atoms. The lowest BCUT2D eigenvalue weighted by molar-refractivity contribution is -0.174. The number of ether oxygens (including phenoxy) is 1. The van der Waals surface area contributed by atoms with Gasteiger partial charge in [-0.1, -0.05) is 6.92 Å². The third kappa shape index (κ3) is 3.75. The van der Waals surface area contributed by atoms with Crippen LogP contribution in [0.2, 0.25) is 0 Å². The molecule has 2 aromatic heterocycles. The summed E-state index contributed by atoms with van der Waals surface area (Å²) < 4.78 is 41.7. The largest absolute Gasteiger partial charge is 0.411 e. The second-order valence-electron chi connectivity index (χ2n) is 4.69. The third-order valence-corrected chi connectivity index (χ3v) is 2.95. The van der Waals surface area contributed by atoms with Crippen molar-refractivity contribution in [2.45, 2.75) is 25.9 Å². The standard InChI is InChI=1S/C12H16F3N5O2/c1-3-7-9-10(17-18-11(9)20(2)19-7)16-8(21)4-5-22-6-12(13,14)15/h3-6H2,1-2H3,(H2,16,17,18,21). The number of hydrogen-bond donors (Lipinski definition) is 2. The Morgan fingerprint density at radius 3 is 2.82 bits per heavy atom. The van der Waals surface area contributed by atoms with Gasteiger partial charge < -0.3 is 10.1 Å². The fourth-order valence-corrected chi connectivity index (χ4v) is 2.01. The van der Waals surface area contributed by atoms with Gasteiger partial charge in [0.25, 0.3) is 0 Å². The van der Waals surface area contributed by atoms with Crippen LogP contribution in [0.4, 0.5) is 19.0 Å². The molecule has 0 bridgehead atoms. The Balaban J connectivity index is 1.95. The zero-order chi connectivity index (χ0) is 16.3. The van der Waals surface area contributed by atoms with Crippen molar-refractivity contribution in [3.05, 3.63) is 5.69 Å². The summed E-state index contributed by atoms with van der Waals surface area (Å²) in [6, 6.07) is 0. The molecule has 7 nitrogen and oxygen atoms in total. The first-order valence-electron chi connectivity index (χ1n) is 6.66. The van der Waals surface area contributed by atoms with Crippen molar-refractivity contribution in [3.63, 3.8) is 0 Å². The predicted octanol–water partition coefficient (Wildman–Crippen LogP) is 1.77. The van der Waals surface area contributed by atoms with E-state index in [9.17, 15) is 18.0 Å². The number of anilines is 1. The fraction of sp³-hybridized carbons (Fsp3) is 0.583. The van der Waals surface area contributed by atoms with Crippen LogP contribution in [0.5, 0.6) is 0 Å². The van der Waals surface area contributed by atoms with Crippen LogP contribution in [0.15, 0.2) is 0 Å². The molecule has 0 saturated carbocycles. The Morgan fingerprint density at radius 2 is 2.18 bits per heavy atom. The van der Waals surface area contributed by atoms with Crippen LogP contribution in [0.25, 0.3) is 11.0 Å². The molecule has 0 radical (unpaired) electrons. The monoisotopic (exact) mass is 319 g/mol. The molecule has 0 aliphatic rings. The number of H-pyrrole nitrogens is 1. The van der Waals surface area contributed by atoms with Crippen molar-refractivity contribution in [2.24, 2.45) is 7.05 Å². The first-order chi connectivity index (χ1) is 10.3. The summed E-state index contributed by atoms with van der Waals surface area (Å²) in [6.45, 7) is 0.249. The topological polar surface area (TPSA) is 84.8 Å². The van der Waals surface area contributed by atoms with Crippen LogP contribution in [-0.4, -0.2) is 45.3 Å². The Morgan fingerprint density at radius 1 is 1.45 bits per heavy atom. The average molecular weight is 319 g/mol. The summed E-state index contributed by atoms with van der Waals surface area (Å²) in [5, 5.41) is 14.3. The van der Waals surface area contributed by atoms with Crippen molar-refractivity contribution in [1.29, 1.82) is 0 Å². The second kappa shape index (κ2) is 6.34. The summed E-state index contributed by atoms with van der Waals surface area (Å²) in [5.74, 6) is -0.0700. The third-order valence-electron chi connectivity index (χ3n) is 2.95. The highest BCUT2D eigenvalue weighted by molar-refractivity contribution is 5.99. The van der Waals surface area contributed by atoms with E-state index < -0.39 is 18.7 Å². The van der Waals surface area contributed by atoms with Gasteiger partial charge in [-0.25, -0.2) is 4.68 Å². The number of halogens is 3. The van der Waals surface area contributed by atoms with Crippen molar-refractivity contribution in [3.8, 4) is 0 Å². The van der Waals surface area contributed by atoms with Crippen LogP contribution in [0, 0.1) is 0 Å². The van der Waals surface area contributed by atoms with E-state index in [4.69, 9.17) is 0 Å². The van der Waals surface area contributed by atoms with Crippen molar-refractivity contribution in [1.82, 2.24) is 20.0 Å². The Bertz CT molecular complexity index is 662. The lowest BCUT2D eigenvalue weighted by Crippen LogP contribution is -2.20.